The summed E-state index contributed by atoms with van der Waals surface area (Å²) in [5, 5.41) is 4.00. The van der Waals surface area contributed by atoms with Gasteiger partial charge >= 0.3 is 0 Å². The van der Waals surface area contributed by atoms with Crippen LogP contribution in [-0.2, 0) is 13.0 Å². The average molecular weight is 329 g/mol. The van der Waals surface area contributed by atoms with Crippen molar-refractivity contribution >= 4 is 5.91 Å². The van der Waals surface area contributed by atoms with Gasteiger partial charge < -0.3 is 9.42 Å². The van der Waals surface area contributed by atoms with Gasteiger partial charge in [0, 0.05) is 31.7 Å². The van der Waals surface area contributed by atoms with Crippen LogP contribution < -0.4 is 0 Å². The van der Waals surface area contributed by atoms with Crippen molar-refractivity contribution in [3.05, 3.63) is 41.8 Å². The molecule has 1 amide bonds. The number of aryl methyl sites for hydroxylation is 1. The molecule has 0 saturated carbocycles. The number of piperidine rings is 1. The van der Waals surface area contributed by atoms with Crippen LogP contribution in [0.15, 0.2) is 28.9 Å². The molecule has 0 unspecified atom stereocenters. The smallest absolute Gasteiger partial charge is 0.272 e. The van der Waals surface area contributed by atoms with Crippen molar-refractivity contribution in [1.82, 2.24) is 24.9 Å². The normalized spacial score (nSPS) is 15.9. The lowest BCUT2D eigenvalue weighted by Crippen LogP contribution is -2.45. The molecule has 7 nitrogen and oxygen atoms in total. The fourth-order valence-corrected chi connectivity index (χ4v) is 3.01. The Morgan fingerprint density at radius 1 is 1.38 bits per heavy atom. The Labute approximate surface area is 141 Å². The third-order valence-corrected chi connectivity index (χ3v) is 4.46. The molecule has 0 aromatic carbocycles. The molecule has 0 radical (unpaired) electrons. The Kier molecular flexibility index (Phi) is 5.20. The van der Waals surface area contributed by atoms with Gasteiger partial charge in [-0.1, -0.05) is 18.1 Å². The number of pyridine rings is 1. The SMILES string of the molecule is CCc1nc(CN(C)C2CCN(C(=O)c3ccccn3)CC2)no1. The highest BCUT2D eigenvalue weighted by molar-refractivity contribution is 5.92. The van der Waals surface area contributed by atoms with E-state index in [-0.39, 0.29) is 5.91 Å². The number of aromatic nitrogens is 3. The molecule has 1 aliphatic rings. The van der Waals surface area contributed by atoms with Gasteiger partial charge in [-0.2, -0.15) is 4.98 Å². The molecule has 24 heavy (non-hydrogen) atoms. The van der Waals surface area contributed by atoms with E-state index in [0.29, 0.717) is 24.2 Å². The predicted molar refractivity (Wildman–Crippen MR) is 88.3 cm³/mol. The zero-order valence-corrected chi connectivity index (χ0v) is 14.2. The van der Waals surface area contributed by atoms with Crippen LogP contribution in [0.2, 0.25) is 0 Å². The van der Waals surface area contributed by atoms with E-state index in [1.54, 1.807) is 12.3 Å². The van der Waals surface area contributed by atoms with Crippen LogP contribution in [0.3, 0.4) is 0 Å². The van der Waals surface area contributed by atoms with Gasteiger partial charge in [-0.3, -0.25) is 14.7 Å². The summed E-state index contributed by atoms with van der Waals surface area (Å²) in [5.41, 5.74) is 0.517. The summed E-state index contributed by atoms with van der Waals surface area (Å²) in [7, 11) is 2.07. The van der Waals surface area contributed by atoms with E-state index >= 15 is 0 Å². The molecular weight excluding hydrogens is 306 g/mol. The van der Waals surface area contributed by atoms with Crippen molar-refractivity contribution in [3.63, 3.8) is 0 Å². The molecule has 1 aliphatic heterocycles. The first kappa shape index (κ1) is 16.6. The second-order valence-corrected chi connectivity index (χ2v) is 6.11. The van der Waals surface area contributed by atoms with Gasteiger partial charge in [0.2, 0.25) is 5.89 Å². The number of rotatable bonds is 5. The van der Waals surface area contributed by atoms with Crippen molar-refractivity contribution in [3.8, 4) is 0 Å². The first-order chi connectivity index (χ1) is 11.7. The van der Waals surface area contributed by atoms with Crippen LogP contribution >= 0.6 is 0 Å². The molecule has 0 atom stereocenters. The summed E-state index contributed by atoms with van der Waals surface area (Å²) >= 11 is 0. The lowest BCUT2D eigenvalue weighted by Gasteiger charge is -2.36. The summed E-state index contributed by atoms with van der Waals surface area (Å²) in [4.78, 5) is 25.0. The van der Waals surface area contributed by atoms with Crippen LogP contribution in [-0.4, -0.2) is 57.0 Å². The summed E-state index contributed by atoms with van der Waals surface area (Å²) in [6.07, 6.45) is 4.29. The highest BCUT2D eigenvalue weighted by Crippen LogP contribution is 2.18. The molecule has 0 spiro atoms. The van der Waals surface area contributed by atoms with E-state index in [9.17, 15) is 4.79 Å². The summed E-state index contributed by atoms with van der Waals surface area (Å²) < 4.78 is 5.15. The fraction of sp³-hybridized carbons (Fsp3) is 0.529. The average Bonchev–Trinajstić information content (AvgIpc) is 3.09. The van der Waals surface area contributed by atoms with Gasteiger partial charge in [0.05, 0.1) is 6.54 Å². The lowest BCUT2D eigenvalue weighted by atomic mass is 10.0. The number of carbonyl (C=O) groups excluding carboxylic acids is 1. The van der Waals surface area contributed by atoms with Gasteiger partial charge in [0.25, 0.3) is 5.91 Å². The molecule has 7 heteroatoms. The van der Waals surface area contributed by atoms with Crippen LogP contribution in [0.25, 0.3) is 0 Å². The number of likely N-dealkylation sites (tertiary alicyclic amines) is 1. The quantitative estimate of drug-likeness (QED) is 0.832. The number of hydrogen-bond acceptors (Lipinski definition) is 6. The predicted octanol–water partition coefficient (Wildman–Crippen LogP) is 1.76. The molecule has 2 aromatic heterocycles. The third kappa shape index (κ3) is 3.79. The zero-order valence-electron chi connectivity index (χ0n) is 14.2. The molecule has 128 valence electrons. The lowest BCUT2D eigenvalue weighted by molar-refractivity contribution is 0.0631. The Hall–Kier alpha value is -2.28. The first-order valence-corrected chi connectivity index (χ1v) is 8.39. The van der Waals surface area contributed by atoms with Crippen LogP contribution in [0.1, 0.15) is 42.0 Å². The highest BCUT2D eigenvalue weighted by Gasteiger charge is 2.26. The van der Waals surface area contributed by atoms with E-state index in [1.807, 2.05) is 24.0 Å². The van der Waals surface area contributed by atoms with Gasteiger partial charge in [-0.15, -0.1) is 0 Å². The number of amides is 1. The molecule has 0 bridgehead atoms. The highest BCUT2D eigenvalue weighted by atomic mass is 16.5. The first-order valence-electron chi connectivity index (χ1n) is 8.39. The summed E-state index contributed by atoms with van der Waals surface area (Å²) in [6.45, 7) is 4.16. The van der Waals surface area contributed by atoms with Crippen molar-refractivity contribution in [2.75, 3.05) is 20.1 Å². The summed E-state index contributed by atoms with van der Waals surface area (Å²) in [6, 6.07) is 5.85. The molecule has 0 aliphatic carbocycles. The Bertz CT molecular complexity index is 665. The Morgan fingerprint density at radius 3 is 2.79 bits per heavy atom. The van der Waals surface area contributed by atoms with Crippen LogP contribution in [0.5, 0.6) is 0 Å². The van der Waals surface area contributed by atoms with E-state index < -0.39 is 0 Å². The molecule has 3 heterocycles. The minimum Gasteiger partial charge on any atom is -0.339 e. The van der Waals surface area contributed by atoms with Crippen molar-refractivity contribution < 1.29 is 9.32 Å². The molecule has 3 rings (SSSR count). The van der Waals surface area contributed by atoms with E-state index in [4.69, 9.17) is 4.52 Å². The second-order valence-electron chi connectivity index (χ2n) is 6.11. The minimum atomic E-state index is 0.0162. The van der Waals surface area contributed by atoms with E-state index in [0.717, 1.165) is 38.2 Å². The molecular formula is C17H23N5O2. The maximum Gasteiger partial charge on any atom is 0.272 e. The monoisotopic (exact) mass is 329 g/mol. The molecule has 1 saturated heterocycles. The largest absolute Gasteiger partial charge is 0.339 e. The van der Waals surface area contributed by atoms with Crippen LogP contribution in [0.4, 0.5) is 0 Å². The van der Waals surface area contributed by atoms with Gasteiger partial charge in [0.1, 0.15) is 5.69 Å². The summed E-state index contributed by atoms with van der Waals surface area (Å²) in [5.74, 6) is 1.41. The van der Waals surface area contributed by atoms with Crippen molar-refractivity contribution in [2.45, 2.75) is 38.8 Å². The standard InChI is InChI=1S/C17H23N5O2/c1-3-16-19-15(20-24-16)12-21(2)13-7-10-22(11-8-13)17(23)14-6-4-5-9-18-14/h4-6,9,13H,3,7-8,10-12H2,1-2H3. The topological polar surface area (TPSA) is 75.4 Å². The van der Waals surface area contributed by atoms with E-state index in [2.05, 4.69) is 27.1 Å². The van der Waals surface area contributed by atoms with Crippen LogP contribution in [0, 0.1) is 0 Å². The Morgan fingerprint density at radius 2 is 2.17 bits per heavy atom. The molecule has 0 N–H and O–H groups in total. The maximum atomic E-state index is 12.4. The maximum absolute atomic E-state index is 12.4. The Balaban J connectivity index is 1.52. The van der Waals surface area contributed by atoms with Gasteiger partial charge in [-0.05, 0) is 32.0 Å². The fourth-order valence-electron chi connectivity index (χ4n) is 3.01. The van der Waals surface area contributed by atoms with Crippen molar-refractivity contribution in [2.24, 2.45) is 0 Å². The number of nitrogens with zero attached hydrogens (tertiary/aromatic N) is 5. The van der Waals surface area contributed by atoms with Gasteiger partial charge in [-0.25, -0.2) is 0 Å². The second kappa shape index (κ2) is 7.53. The molecule has 2 aromatic rings. The minimum absolute atomic E-state index is 0.0162. The molecule has 1 fully saturated rings. The van der Waals surface area contributed by atoms with E-state index in [1.165, 1.54) is 0 Å². The number of carbonyl (C=O) groups is 1. The van der Waals surface area contributed by atoms with Crippen molar-refractivity contribution in [1.29, 1.82) is 0 Å². The number of hydrogen-bond donors (Lipinski definition) is 0. The zero-order chi connectivity index (χ0) is 16.9. The van der Waals surface area contributed by atoms with Gasteiger partial charge in [0.15, 0.2) is 5.82 Å². The third-order valence-electron chi connectivity index (χ3n) is 4.46.